The van der Waals surface area contributed by atoms with Crippen LogP contribution in [0.25, 0.3) is 0 Å². The highest BCUT2D eigenvalue weighted by Gasteiger charge is 2.13. The minimum absolute atomic E-state index is 0.0215. The number of hydrogen-bond acceptors (Lipinski definition) is 3. The van der Waals surface area contributed by atoms with Gasteiger partial charge in [0.15, 0.2) is 5.78 Å². The average Bonchev–Trinajstić information content (AvgIpc) is 2.43. The summed E-state index contributed by atoms with van der Waals surface area (Å²) in [6.45, 7) is 4.11. The van der Waals surface area contributed by atoms with Crippen molar-refractivity contribution in [2.45, 2.75) is 20.3 Å². The molecule has 3 heteroatoms. The zero-order valence-electron chi connectivity index (χ0n) is 11.4. The Bertz CT molecular complexity index is 605. The first kappa shape index (κ1) is 13.3. The molecule has 0 aliphatic rings. The van der Waals surface area contributed by atoms with Crippen LogP contribution in [0.4, 0.5) is 0 Å². The van der Waals surface area contributed by atoms with Crippen molar-refractivity contribution < 1.29 is 9.53 Å². The molecule has 2 rings (SSSR count). The van der Waals surface area contributed by atoms with Crippen LogP contribution in [0.15, 0.2) is 36.5 Å². The van der Waals surface area contributed by atoms with Crippen molar-refractivity contribution in [2.75, 3.05) is 7.11 Å². The maximum absolute atomic E-state index is 12.3. The van der Waals surface area contributed by atoms with Gasteiger partial charge in [-0.05, 0) is 42.7 Å². The van der Waals surface area contributed by atoms with Crippen LogP contribution in [0, 0.1) is 13.8 Å². The summed E-state index contributed by atoms with van der Waals surface area (Å²) in [5.74, 6) is 0.407. The largest absolute Gasteiger partial charge is 0.480 e. The fourth-order valence-corrected chi connectivity index (χ4v) is 1.96. The molecule has 0 amide bonds. The van der Waals surface area contributed by atoms with E-state index in [1.165, 1.54) is 18.2 Å². The van der Waals surface area contributed by atoms with Crippen LogP contribution in [-0.4, -0.2) is 17.9 Å². The van der Waals surface area contributed by atoms with Crippen molar-refractivity contribution in [3.05, 3.63) is 58.8 Å². The number of nitrogens with zero attached hydrogens (tertiary/aromatic N) is 1. The Morgan fingerprint density at radius 2 is 2.00 bits per heavy atom. The summed E-state index contributed by atoms with van der Waals surface area (Å²) in [7, 11) is 1.52. The zero-order chi connectivity index (χ0) is 13.8. The minimum atomic E-state index is 0.0215. The fourth-order valence-electron chi connectivity index (χ4n) is 1.96. The van der Waals surface area contributed by atoms with Crippen molar-refractivity contribution in [3.63, 3.8) is 0 Å². The van der Waals surface area contributed by atoms with Gasteiger partial charge in [-0.1, -0.05) is 18.2 Å². The van der Waals surface area contributed by atoms with Gasteiger partial charge in [0.1, 0.15) is 0 Å². The van der Waals surface area contributed by atoms with E-state index in [9.17, 15) is 4.79 Å². The molecule has 1 aromatic heterocycles. The van der Waals surface area contributed by atoms with E-state index in [1.807, 2.05) is 19.1 Å². The van der Waals surface area contributed by atoms with E-state index >= 15 is 0 Å². The molecule has 1 aromatic carbocycles. The summed E-state index contributed by atoms with van der Waals surface area (Å²) in [6.07, 6.45) is 1.98. The summed E-state index contributed by atoms with van der Waals surface area (Å²) < 4.78 is 5.12. The van der Waals surface area contributed by atoms with E-state index < -0.39 is 0 Å². The van der Waals surface area contributed by atoms with E-state index in [-0.39, 0.29) is 5.78 Å². The number of ketones is 1. The monoisotopic (exact) mass is 255 g/mol. The molecule has 3 nitrogen and oxygen atoms in total. The van der Waals surface area contributed by atoms with E-state index in [0.29, 0.717) is 17.9 Å². The highest BCUT2D eigenvalue weighted by molar-refractivity contribution is 5.99. The standard InChI is InChI=1S/C16H17NO2/c1-11-6-7-13(9-12(11)2)10-15(18)14-5-4-8-17-16(14)19-3/h4-9H,10H2,1-3H3. The first-order valence-electron chi connectivity index (χ1n) is 6.20. The summed E-state index contributed by atoms with van der Waals surface area (Å²) in [5.41, 5.74) is 3.97. The van der Waals surface area contributed by atoms with Crippen LogP contribution in [0.3, 0.4) is 0 Å². The van der Waals surface area contributed by atoms with Crippen LogP contribution in [0.1, 0.15) is 27.0 Å². The summed E-state index contributed by atoms with van der Waals surface area (Å²) in [5, 5.41) is 0. The van der Waals surface area contributed by atoms with E-state index in [0.717, 1.165) is 5.56 Å². The first-order chi connectivity index (χ1) is 9.11. The number of ether oxygens (including phenoxy) is 1. The first-order valence-corrected chi connectivity index (χ1v) is 6.20. The van der Waals surface area contributed by atoms with Crippen molar-refractivity contribution in [1.82, 2.24) is 4.98 Å². The maximum Gasteiger partial charge on any atom is 0.224 e. The Morgan fingerprint density at radius 1 is 1.21 bits per heavy atom. The van der Waals surface area contributed by atoms with Crippen molar-refractivity contribution >= 4 is 5.78 Å². The van der Waals surface area contributed by atoms with Crippen LogP contribution < -0.4 is 4.74 Å². The molecular weight excluding hydrogens is 238 g/mol. The van der Waals surface area contributed by atoms with Gasteiger partial charge >= 0.3 is 0 Å². The fraction of sp³-hybridized carbons (Fsp3) is 0.250. The average molecular weight is 255 g/mol. The third-order valence-electron chi connectivity index (χ3n) is 3.20. The van der Waals surface area contributed by atoms with Gasteiger partial charge in [0.2, 0.25) is 5.88 Å². The number of pyridine rings is 1. The van der Waals surface area contributed by atoms with Gasteiger partial charge in [0.25, 0.3) is 0 Å². The molecule has 0 saturated heterocycles. The lowest BCUT2D eigenvalue weighted by atomic mass is 10.00. The zero-order valence-corrected chi connectivity index (χ0v) is 11.4. The second kappa shape index (κ2) is 5.65. The van der Waals surface area contributed by atoms with E-state index in [1.54, 1.807) is 18.3 Å². The normalized spacial score (nSPS) is 10.3. The van der Waals surface area contributed by atoms with Crippen LogP contribution in [-0.2, 0) is 6.42 Å². The van der Waals surface area contributed by atoms with Crippen molar-refractivity contribution in [2.24, 2.45) is 0 Å². The minimum Gasteiger partial charge on any atom is -0.480 e. The van der Waals surface area contributed by atoms with Gasteiger partial charge in [-0.25, -0.2) is 4.98 Å². The quantitative estimate of drug-likeness (QED) is 0.788. The third kappa shape index (κ3) is 2.99. The van der Waals surface area contributed by atoms with Gasteiger partial charge in [0.05, 0.1) is 12.7 Å². The van der Waals surface area contributed by atoms with E-state index in [4.69, 9.17) is 4.74 Å². The summed E-state index contributed by atoms with van der Waals surface area (Å²) >= 11 is 0. The van der Waals surface area contributed by atoms with Gasteiger partial charge in [-0.2, -0.15) is 0 Å². The highest BCUT2D eigenvalue weighted by atomic mass is 16.5. The molecule has 0 aliphatic heterocycles. The number of hydrogen-bond donors (Lipinski definition) is 0. The molecule has 1 heterocycles. The van der Waals surface area contributed by atoms with Crippen LogP contribution >= 0.6 is 0 Å². The molecule has 0 saturated carbocycles. The summed E-state index contributed by atoms with van der Waals surface area (Å²) in [4.78, 5) is 16.3. The van der Waals surface area contributed by atoms with Crippen molar-refractivity contribution in [1.29, 1.82) is 0 Å². The predicted octanol–water partition coefficient (Wildman–Crippen LogP) is 3.13. The Kier molecular flexibility index (Phi) is 3.95. The second-order valence-electron chi connectivity index (χ2n) is 4.58. The lowest BCUT2D eigenvalue weighted by Gasteiger charge is -2.07. The second-order valence-corrected chi connectivity index (χ2v) is 4.58. The van der Waals surface area contributed by atoms with Crippen LogP contribution in [0.2, 0.25) is 0 Å². The lowest BCUT2D eigenvalue weighted by molar-refractivity contribution is 0.0989. The number of benzene rings is 1. The van der Waals surface area contributed by atoms with Gasteiger partial charge < -0.3 is 4.74 Å². The molecule has 0 aliphatic carbocycles. The molecular formula is C16H17NO2. The molecule has 0 fully saturated rings. The predicted molar refractivity (Wildman–Crippen MR) is 74.7 cm³/mol. The number of carbonyl (C=O) groups excluding carboxylic acids is 1. The Morgan fingerprint density at radius 3 is 2.68 bits per heavy atom. The van der Waals surface area contributed by atoms with E-state index in [2.05, 4.69) is 18.0 Å². The molecule has 0 radical (unpaired) electrons. The molecule has 0 unspecified atom stereocenters. The number of aryl methyl sites for hydroxylation is 2. The Balaban J connectivity index is 2.23. The van der Waals surface area contributed by atoms with Gasteiger partial charge in [-0.3, -0.25) is 4.79 Å². The number of aromatic nitrogens is 1. The third-order valence-corrected chi connectivity index (χ3v) is 3.20. The number of carbonyl (C=O) groups is 1. The number of rotatable bonds is 4. The lowest BCUT2D eigenvalue weighted by Crippen LogP contribution is -2.07. The SMILES string of the molecule is COc1ncccc1C(=O)Cc1ccc(C)c(C)c1. The Labute approximate surface area is 113 Å². The van der Waals surface area contributed by atoms with Crippen LogP contribution in [0.5, 0.6) is 5.88 Å². The molecule has 98 valence electrons. The molecule has 2 aromatic rings. The number of methoxy groups -OCH3 is 1. The van der Waals surface area contributed by atoms with Crippen molar-refractivity contribution in [3.8, 4) is 5.88 Å². The molecule has 19 heavy (non-hydrogen) atoms. The maximum atomic E-state index is 12.3. The van der Waals surface area contributed by atoms with Gasteiger partial charge in [-0.15, -0.1) is 0 Å². The Hall–Kier alpha value is -2.16. The van der Waals surface area contributed by atoms with Gasteiger partial charge in [0, 0.05) is 12.6 Å². The molecule has 0 spiro atoms. The molecule has 0 N–H and O–H groups in total. The number of Topliss-reactive ketones (excluding diaryl/α,β-unsaturated/α-hetero) is 1. The molecule has 0 bridgehead atoms. The summed E-state index contributed by atoms with van der Waals surface area (Å²) in [6, 6.07) is 9.57. The molecule has 0 atom stereocenters. The smallest absolute Gasteiger partial charge is 0.224 e. The topological polar surface area (TPSA) is 39.2 Å². The highest BCUT2D eigenvalue weighted by Crippen LogP contribution is 2.18.